The van der Waals surface area contributed by atoms with Crippen LogP contribution in [0.15, 0.2) is 6.07 Å². The maximum Gasteiger partial charge on any atom is 0.281 e. The van der Waals surface area contributed by atoms with Gasteiger partial charge in [-0.1, -0.05) is 0 Å². The van der Waals surface area contributed by atoms with Crippen LogP contribution in [0.2, 0.25) is 0 Å². The Morgan fingerprint density at radius 3 is 2.67 bits per heavy atom. The summed E-state index contributed by atoms with van der Waals surface area (Å²) in [6.45, 7) is 1.73. The van der Waals surface area contributed by atoms with Gasteiger partial charge in [-0.2, -0.15) is 0 Å². The topological polar surface area (TPSA) is 38.9 Å². The fraction of sp³-hybridized carbons (Fsp3) is 0.286. The van der Waals surface area contributed by atoms with E-state index in [9.17, 15) is 8.78 Å². The summed E-state index contributed by atoms with van der Waals surface area (Å²) in [5.41, 5.74) is 5.82. The van der Waals surface area contributed by atoms with E-state index in [4.69, 9.17) is 5.73 Å². The molecule has 1 aromatic heterocycles. The molecular formula is C7H7F2IN2. The van der Waals surface area contributed by atoms with Crippen molar-refractivity contribution < 1.29 is 8.78 Å². The van der Waals surface area contributed by atoms with Gasteiger partial charge in [-0.15, -0.1) is 0 Å². The number of anilines is 1. The molecule has 12 heavy (non-hydrogen) atoms. The number of pyridine rings is 1. The highest BCUT2D eigenvalue weighted by Crippen LogP contribution is 2.25. The second-order valence-corrected chi connectivity index (χ2v) is 3.44. The normalized spacial score (nSPS) is 10.8. The Bertz CT molecular complexity index is 302. The lowest BCUT2D eigenvalue weighted by Gasteiger charge is -2.05. The summed E-state index contributed by atoms with van der Waals surface area (Å²) in [4.78, 5) is 3.55. The monoisotopic (exact) mass is 284 g/mol. The molecule has 0 saturated heterocycles. The van der Waals surface area contributed by atoms with Gasteiger partial charge in [-0.25, -0.2) is 13.8 Å². The largest absolute Gasteiger partial charge is 0.384 e. The van der Waals surface area contributed by atoms with Gasteiger partial charge in [0.25, 0.3) is 6.43 Å². The predicted molar refractivity (Wildman–Crippen MR) is 51.1 cm³/mol. The number of halogens is 3. The summed E-state index contributed by atoms with van der Waals surface area (Å²) in [6, 6.07) is 1.58. The van der Waals surface area contributed by atoms with Gasteiger partial charge in [0, 0.05) is 3.57 Å². The Morgan fingerprint density at radius 2 is 2.17 bits per heavy atom. The lowest BCUT2D eigenvalue weighted by Crippen LogP contribution is -2.01. The molecule has 0 unspecified atom stereocenters. The number of rotatable bonds is 1. The first-order chi connectivity index (χ1) is 5.52. The molecule has 0 fully saturated rings. The Labute approximate surface area is 82.3 Å². The van der Waals surface area contributed by atoms with E-state index in [0.29, 0.717) is 3.57 Å². The van der Waals surface area contributed by atoms with E-state index in [1.165, 1.54) is 0 Å². The summed E-state index contributed by atoms with van der Waals surface area (Å²) in [7, 11) is 0. The van der Waals surface area contributed by atoms with Crippen LogP contribution in [0.4, 0.5) is 14.6 Å². The zero-order chi connectivity index (χ0) is 9.30. The number of nitrogen functional groups attached to an aromatic ring is 1. The van der Waals surface area contributed by atoms with Gasteiger partial charge in [-0.3, -0.25) is 0 Å². The van der Waals surface area contributed by atoms with E-state index in [2.05, 4.69) is 4.98 Å². The molecule has 1 aromatic rings. The number of hydrogen-bond acceptors (Lipinski definition) is 2. The number of alkyl halides is 2. The van der Waals surface area contributed by atoms with Crippen LogP contribution in [-0.2, 0) is 0 Å². The van der Waals surface area contributed by atoms with E-state index in [-0.39, 0.29) is 11.5 Å². The van der Waals surface area contributed by atoms with Crippen molar-refractivity contribution in [2.24, 2.45) is 0 Å². The minimum Gasteiger partial charge on any atom is -0.384 e. The average Bonchev–Trinajstić information content (AvgIpc) is 1.96. The molecule has 66 valence electrons. The van der Waals surface area contributed by atoms with Gasteiger partial charge >= 0.3 is 0 Å². The Morgan fingerprint density at radius 1 is 1.58 bits per heavy atom. The molecule has 0 aliphatic rings. The highest BCUT2D eigenvalue weighted by molar-refractivity contribution is 14.1. The number of nitrogens with zero attached hydrogens (tertiary/aromatic N) is 1. The van der Waals surface area contributed by atoms with E-state index in [0.717, 1.165) is 5.56 Å². The first-order valence-corrected chi connectivity index (χ1v) is 4.31. The van der Waals surface area contributed by atoms with E-state index in [1.807, 2.05) is 22.6 Å². The molecule has 0 atom stereocenters. The van der Waals surface area contributed by atoms with Crippen molar-refractivity contribution in [1.29, 1.82) is 0 Å². The zero-order valence-corrected chi connectivity index (χ0v) is 8.47. The Balaban J connectivity index is 3.28. The molecule has 0 spiro atoms. The van der Waals surface area contributed by atoms with Crippen LogP contribution in [-0.4, -0.2) is 4.98 Å². The summed E-state index contributed by atoms with van der Waals surface area (Å²) in [5.74, 6) is 0.142. The summed E-state index contributed by atoms with van der Waals surface area (Å²) in [5, 5.41) is 0. The molecule has 2 N–H and O–H groups in total. The van der Waals surface area contributed by atoms with Crippen molar-refractivity contribution in [3.05, 3.63) is 20.9 Å². The lowest BCUT2D eigenvalue weighted by molar-refractivity contribution is 0.145. The van der Waals surface area contributed by atoms with Crippen molar-refractivity contribution in [3.63, 3.8) is 0 Å². The number of aryl methyl sites for hydroxylation is 1. The average molecular weight is 284 g/mol. The molecule has 0 aliphatic carbocycles. The van der Waals surface area contributed by atoms with Crippen LogP contribution in [0.5, 0.6) is 0 Å². The highest BCUT2D eigenvalue weighted by Gasteiger charge is 2.15. The Kier molecular flexibility index (Phi) is 2.81. The van der Waals surface area contributed by atoms with E-state index in [1.54, 1.807) is 13.0 Å². The molecule has 5 heteroatoms. The van der Waals surface area contributed by atoms with Gasteiger partial charge < -0.3 is 5.73 Å². The van der Waals surface area contributed by atoms with Crippen molar-refractivity contribution in [2.75, 3.05) is 5.73 Å². The maximum atomic E-state index is 12.3. The summed E-state index contributed by atoms with van der Waals surface area (Å²) in [6.07, 6.45) is -2.56. The van der Waals surface area contributed by atoms with Crippen LogP contribution in [0.25, 0.3) is 0 Å². The van der Waals surface area contributed by atoms with Gasteiger partial charge in [0.2, 0.25) is 0 Å². The quantitative estimate of drug-likeness (QED) is 0.805. The van der Waals surface area contributed by atoms with Crippen LogP contribution in [0.1, 0.15) is 17.7 Å². The van der Waals surface area contributed by atoms with Crippen molar-refractivity contribution in [2.45, 2.75) is 13.3 Å². The minimum atomic E-state index is -2.56. The lowest BCUT2D eigenvalue weighted by atomic mass is 10.2. The van der Waals surface area contributed by atoms with Crippen LogP contribution in [0.3, 0.4) is 0 Å². The minimum absolute atomic E-state index is 0.142. The van der Waals surface area contributed by atoms with Crippen molar-refractivity contribution >= 4 is 28.4 Å². The first kappa shape index (κ1) is 9.63. The smallest absolute Gasteiger partial charge is 0.281 e. The number of aromatic nitrogens is 1. The first-order valence-electron chi connectivity index (χ1n) is 3.23. The predicted octanol–water partition coefficient (Wildman–Crippen LogP) is 2.51. The standard InChI is InChI=1S/C7H7F2IN2/c1-3-2-4(11)12-6(5(3)10)7(8)9/h2,7H,1H3,(H2,11,12). The molecule has 0 bridgehead atoms. The zero-order valence-electron chi connectivity index (χ0n) is 6.31. The fourth-order valence-corrected chi connectivity index (χ4v) is 1.36. The molecule has 1 heterocycles. The third-order valence-corrected chi connectivity index (χ3v) is 2.80. The number of nitrogens with two attached hydrogens (primary N) is 1. The number of hydrogen-bond donors (Lipinski definition) is 1. The molecule has 0 aromatic carbocycles. The maximum absolute atomic E-state index is 12.3. The molecule has 0 saturated carbocycles. The molecule has 0 aliphatic heterocycles. The van der Waals surface area contributed by atoms with Crippen LogP contribution >= 0.6 is 22.6 Å². The second-order valence-electron chi connectivity index (χ2n) is 2.36. The van der Waals surface area contributed by atoms with Crippen molar-refractivity contribution in [3.8, 4) is 0 Å². The molecular weight excluding hydrogens is 277 g/mol. The second kappa shape index (κ2) is 3.51. The Hall–Kier alpha value is -0.460. The van der Waals surface area contributed by atoms with Gasteiger partial charge in [0.05, 0.1) is 0 Å². The van der Waals surface area contributed by atoms with E-state index >= 15 is 0 Å². The molecule has 0 radical (unpaired) electrons. The van der Waals surface area contributed by atoms with Gasteiger partial charge in [-0.05, 0) is 41.1 Å². The van der Waals surface area contributed by atoms with Gasteiger partial charge in [0.1, 0.15) is 11.5 Å². The summed E-state index contributed by atoms with van der Waals surface area (Å²) >= 11 is 1.84. The third kappa shape index (κ3) is 1.82. The highest BCUT2D eigenvalue weighted by atomic mass is 127. The van der Waals surface area contributed by atoms with Gasteiger partial charge in [0.15, 0.2) is 0 Å². The third-order valence-electron chi connectivity index (χ3n) is 1.39. The molecule has 1 rings (SSSR count). The van der Waals surface area contributed by atoms with Crippen molar-refractivity contribution in [1.82, 2.24) is 4.98 Å². The van der Waals surface area contributed by atoms with Crippen LogP contribution < -0.4 is 5.73 Å². The molecule has 2 nitrogen and oxygen atoms in total. The van der Waals surface area contributed by atoms with E-state index < -0.39 is 6.43 Å². The molecule has 0 amide bonds. The SMILES string of the molecule is Cc1cc(N)nc(C(F)F)c1I. The van der Waals surface area contributed by atoms with Crippen LogP contribution in [0, 0.1) is 10.5 Å². The fourth-order valence-electron chi connectivity index (χ4n) is 0.852. The summed E-state index contributed by atoms with van der Waals surface area (Å²) < 4.78 is 25.0.